The van der Waals surface area contributed by atoms with Crippen LogP contribution in [0.5, 0.6) is 0 Å². The van der Waals surface area contributed by atoms with E-state index in [9.17, 15) is 4.79 Å². The van der Waals surface area contributed by atoms with Gasteiger partial charge in [0.05, 0.1) is 5.75 Å². The molecule has 0 saturated heterocycles. The number of amides is 1. The zero-order valence-electron chi connectivity index (χ0n) is 15.6. The van der Waals surface area contributed by atoms with E-state index in [2.05, 4.69) is 46.8 Å². The second-order valence-corrected chi connectivity index (χ2v) is 8.55. The average Bonchev–Trinajstić information content (AvgIpc) is 3.10. The van der Waals surface area contributed by atoms with Crippen LogP contribution >= 0.6 is 23.1 Å². The maximum Gasteiger partial charge on any atom is 0.230 e. The van der Waals surface area contributed by atoms with Crippen molar-refractivity contribution in [3.63, 3.8) is 0 Å². The van der Waals surface area contributed by atoms with E-state index in [0.29, 0.717) is 12.3 Å². The van der Waals surface area contributed by atoms with Gasteiger partial charge in [-0.05, 0) is 49.6 Å². The molecule has 0 spiro atoms. The highest BCUT2D eigenvalue weighted by atomic mass is 32.2. The van der Waals surface area contributed by atoms with Gasteiger partial charge in [-0.15, -0.1) is 10.2 Å². The van der Waals surface area contributed by atoms with Gasteiger partial charge in [0.25, 0.3) is 0 Å². The number of nitrogens with one attached hydrogen (secondary N) is 2. The van der Waals surface area contributed by atoms with E-state index in [0.717, 1.165) is 20.7 Å². The number of rotatable bonds is 7. The van der Waals surface area contributed by atoms with Gasteiger partial charge in [0, 0.05) is 12.2 Å². The lowest BCUT2D eigenvalue weighted by molar-refractivity contribution is -0.118. The summed E-state index contributed by atoms with van der Waals surface area (Å²) < 4.78 is 0.770. The molecule has 5 nitrogen and oxygen atoms in total. The van der Waals surface area contributed by atoms with Crippen LogP contribution in [0.2, 0.25) is 0 Å². The van der Waals surface area contributed by atoms with Gasteiger partial charge >= 0.3 is 0 Å². The van der Waals surface area contributed by atoms with Crippen molar-refractivity contribution < 1.29 is 4.79 Å². The second kappa shape index (κ2) is 9.01. The van der Waals surface area contributed by atoms with E-state index < -0.39 is 0 Å². The molecule has 0 aliphatic heterocycles. The Balaban J connectivity index is 1.46. The highest BCUT2D eigenvalue weighted by molar-refractivity contribution is 8.01. The van der Waals surface area contributed by atoms with Crippen LogP contribution in [0, 0.1) is 20.8 Å². The quantitative estimate of drug-likeness (QED) is 0.569. The second-order valence-electron chi connectivity index (χ2n) is 6.35. The summed E-state index contributed by atoms with van der Waals surface area (Å²) in [4.78, 5) is 12.0. The maximum atomic E-state index is 12.0. The van der Waals surface area contributed by atoms with Crippen LogP contribution in [0.4, 0.5) is 10.8 Å². The molecule has 27 heavy (non-hydrogen) atoms. The monoisotopic (exact) mass is 398 g/mol. The highest BCUT2D eigenvalue weighted by Gasteiger charge is 2.09. The third-order valence-electron chi connectivity index (χ3n) is 4.10. The van der Waals surface area contributed by atoms with Crippen molar-refractivity contribution in [3.05, 3.63) is 64.7 Å². The van der Waals surface area contributed by atoms with E-state index in [1.54, 1.807) is 0 Å². The van der Waals surface area contributed by atoms with E-state index >= 15 is 0 Å². The molecule has 0 unspecified atom stereocenters. The summed E-state index contributed by atoms with van der Waals surface area (Å²) in [7, 11) is 0. The van der Waals surface area contributed by atoms with Gasteiger partial charge in [-0.25, -0.2) is 0 Å². The zero-order valence-corrected chi connectivity index (χ0v) is 17.2. The molecule has 7 heteroatoms. The van der Waals surface area contributed by atoms with Gasteiger partial charge in [0.15, 0.2) is 4.34 Å². The summed E-state index contributed by atoms with van der Waals surface area (Å²) >= 11 is 2.84. The van der Waals surface area contributed by atoms with Crippen LogP contribution in [0.1, 0.15) is 22.3 Å². The van der Waals surface area contributed by atoms with Crippen LogP contribution in [0.3, 0.4) is 0 Å². The molecule has 3 aromatic rings. The van der Waals surface area contributed by atoms with Crippen molar-refractivity contribution in [2.75, 3.05) is 11.1 Å². The third-order valence-corrected chi connectivity index (χ3v) is 6.07. The summed E-state index contributed by atoms with van der Waals surface area (Å²) in [5.74, 6) is 0.309. The molecule has 3 rings (SSSR count). The van der Waals surface area contributed by atoms with Crippen molar-refractivity contribution in [1.82, 2.24) is 15.5 Å². The molecule has 140 valence electrons. The summed E-state index contributed by atoms with van der Waals surface area (Å²) in [6.07, 6.45) is 0. The fourth-order valence-corrected chi connectivity index (χ4v) is 3.95. The lowest BCUT2D eigenvalue weighted by atomic mass is 10.1. The minimum atomic E-state index is -0.0144. The number of hydrogen-bond donors (Lipinski definition) is 2. The third kappa shape index (κ3) is 5.80. The van der Waals surface area contributed by atoms with Crippen molar-refractivity contribution in [2.45, 2.75) is 31.7 Å². The first-order valence-corrected chi connectivity index (χ1v) is 10.4. The Morgan fingerprint density at radius 3 is 2.56 bits per heavy atom. The Morgan fingerprint density at radius 1 is 1.04 bits per heavy atom. The summed E-state index contributed by atoms with van der Waals surface area (Å²) in [6, 6.07) is 14.3. The lowest BCUT2D eigenvalue weighted by Gasteiger charge is -2.05. The minimum absolute atomic E-state index is 0.0144. The van der Waals surface area contributed by atoms with Crippen molar-refractivity contribution in [1.29, 1.82) is 0 Å². The highest BCUT2D eigenvalue weighted by Crippen LogP contribution is 2.28. The number of carbonyl (C=O) groups is 1. The maximum absolute atomic E-state index is 12.0. The Labute approximate surface area is 167 Å². The van der Waals surface area contributed by atoms with Gasteiger partial charge in [-0.3, -0.25) is 4.79 Å². The number of nitrogens with zero attached hydrogens (tertiary/aromatic N) is 2. The predicted molar refractivity (Wildman–Crippen MR) is 113 cm³/mol. The van der Waals surface area contributed by atoms with E-state index in [-0.39, 0.29) is 5.91 Å². The molecular formula is C20H22N4OS2. The lowest BCUT2D eigenvalue weighted by Crippen LogP contribution is -2.24. The fraction of sp³-hybridized carbons (Fsp3) is 0.250. The smallest absolute Gasteiger partial charge is 0.230 e. The first-order chi connectivity index (χ1) is 13.0. The van der Waals surface area contributed by atoms with Gasteiger partial charge in [-0.2, -0.15) is 0 Å². The van der Waals surface area contributed by atoms with Gasteiger partial charge in [0.1, 0.15) is 0 Å². The molecule has 1 heterocycles. The Kier molecular flexibility index (Phi) is 6.47. The Morgan fingerprint density at radius 2 is 1.81 bits per heavy atom. The van der Waals surface area contributed by atoms with Gasteiger partial charge in [0.2, 0.25) is 11.0 Å². The van der Waals surface area contributed by atoms with Gasteiger partial charge < -0.3 is 10.6 Å². The normalized spacial score (nSPS) is 10.6. The summed E-state index contributed by atoms with van der Waals surface area (Å²) in [5.41, 5.74) is 5.77. The average molecular weight is 399 g/mol. The van der Waals surface area contributed by atoms with Crippen LogP contribution < -0.4 is 10.6 Å². The summed E-state index contributed by atoms with van der Waals surface area (Å²) in [5, 5.41) is 15.2. The number of hydrogen-bond acceptors (Lipinski definition) is 6. The molecule has 0 radical (unpaired) electrons. The van der Waals surface area contributed by atoms with Crippen molar-refractivity contribution in [3.8, 4) is 0 Å². The number of thioether (sulfide) groups is 1. The fourth-order valence-electron chi connectivity index (χ4n) is 2.35. The van der Waals surface area contributed by atoms with E-state index in [1.165, 1.54) is 39.8 Å². The first-order valence-electron chi connectivity index (χ1n) is 8.62. The molecule has 1 aromatic heterocycles. The predicted octanol–water partition coefficient (Wildman–Crippen LogP) is 4.62. The molecule has 0 aliphatic carbocycles. The SMILES string of the molecule is Cc1ccc(CNC(=O)CSc2nnc(Nc3ccc(C)c(C)c3)s2)cc1. The van der Waals surface area contributed by atoms with Crippen LogP contribution in [0.15, 0.2) is 46.8 Å². The number of carbonyl (C=O) groups excluding carboxylic acids is 1. The molecule has 0 aliphatic rings. The Bertz CT molecular complexity index is 922. The van der Waals surface area contributed by atoms with E-state index in [1.807, 2.05) is 37.3 Å². The summed E-state index contributed by atoms with van der Waals surface area (Å²) in [6.45, 7) is 6.75. The number of benzene rings is 2. The molecule has 0 atom stereocenters. The molecule has 0 bridgehead atoms. The molecule has 2 N–H and O–H groups in total. The van der Waals surface area contributed by atoms with Crippen LogP contribution in [-0.2, 0) is 11.3 Å². The van der Waals surface area contributed by atoms with E-state index in [4.69, 9.17) is 0 Å². The first kappa shape index (κ1) is 19.4. The standard InChI is InChI=1S/C20H22N4OS2/c1-13-4-7-16(8-5-13)11-21-18(25)12-26-20-24-23-19(27-20)22-17-9-6-14(2)15(3)10-17/h4-10H,11-12H2,1-3H3,(H,21,25)(H,22,23). The minimum Gasteiger partial charge on any atom is -0.351 e. The molecule has 0 fully saturated rings. The zero-order chi connectivity index (χ0) is 19.2. The molecule has 0 saturated carbocycles. The number of aryl methyl sites for hydroxylation is 3. The van der Waals surface area contributed by atoms with Crippen molar-refractivity contribution >= 4 is 39.8 Å². The largest absolute Gasteiger partial charge is 0.351 e. The topological polar surface area (TPSA) is 66.9 Å². The number of anilines is 2. The molecular weight excluding hydrogens is 376 g/mol. The molecule has 2 aromatic carbocycles. The number of aromatic nitrogens is 2. The van der Waals surface area contributed by atoms with Crippen LogP contribution in [0.25, 0.3) is 0 Å². The molecule has 1 amide bonds. The van der Waals surface area contributed by atoms with Gasteiger partial charge in [-0.1, -0.05) is 59.0 Å². The van der Waals surface area contributed by atoms with Crippen molar-refractivity contribution in [2.24, 2.45) is 0 Å². The van der Waals surface area contributed by atoms with Crippen LogP contribution in [-0.4, -0.2) is 21.9 Å². The Hall–Kier alpha value is -2.38.